The minimum Gasteiger partial charge on any atom is -0.354 e. The standard InChI is InChI=1S/C20H19FN4O2S/c21-17-8-6-16(7-9-17)12-25(20(27)18-14-28-24-23-18)13-19(26)22-11-10-15-4-2-1-3-5-15/h1-9,14H,10-13H2,(H,22,26). The molecule has 1 aromatic heterocycles. The van der Waals surface area contributed by atoms with Crippen molar-refractivity contribution < 1.29 is 14.0 Å². The third kappa shape index (κ3) is 5.68. The Morgan fingerprint density at radius 3 is 2.46 bits per heavy atom. The fourth-order valence-corrected chi connectivity index (χ4v) is 3.08. The Morgan fingerprint density at radius 2 is 1.79 bits per heavy atom. The average molecular weight is 398 g/mol. The van der Waals surface area contributed by atoms with Crippen molar-refractivity contribution >= 4 is 23.3 Å². The number of halogens is 1. The average Bonchev–Trinajstić information content (AvgIpc) is 3.24. The van der Waals surface area contributed by atoms with Crippen molar-refractivity contribution in [1.82, 2.24) is 19.8 Å². The van der Waals surface area contributed by atoms with Crippen molar-refractivity contribution in [2.24, 2.45) is 0 Å². The molecule has 144 valence electrons. The lowest BCUT2D eigenvalue weighted by Gasteiger charge is -2.21. The van der Waals surface area contributed by atoms with E-state index in [0.717, 1.165) is 22.7 Å². The summed E-state index contributed by atoms with van der Waals surface area (Å²) >= 11 is 1.07. The van der Waals surface area contributed by atoms with Crippen LogP contribution in [0.1, 0.15) is 21.6 Å². The van der Waals surface area contributed by atoms with Gasteiger partial charge in [-0.3, -0.25) is 9.59 Å². The van der Waals surface area contributed by atoms with Crippen LogP contribution in [0.2, 0.25) is 0 Å². The maximum Gasteiger partial charge on any atom is 0.276 e. The first kappa shape index (κ1) is 19.6. The molecule has 0 unspecified atom stereocenters. The number of nitrogens with one attached hydrogen (secondary N) is 1. The maximum atomic E-state index is 13.1. The molecular weight excluding hydrogens is 379 g/mol. The summed E-state index contributed by atoms with van der Waals surface area (Å²) in [5, 5.41) is 8.15. The predicted molar refractivity (Wildman–Crippen MR) is 104 cm³/mol. The van der Waals surface area contributed by atoms with Gasteiger partial charge in [-0.05, 0) is 41.2 Å². The van der Waals surface area contributed by atoms with Crippen LogP contribution in [0.5, 0.6) is 0 Å². The van der Waals surface area contributed by atoms with E-state index in [0.29, 0.717) is 13.0 Å². The van der Waals surface area contributed by atoms with E-state index in [-0.39, 0.29) is 30.5 Å². The minimum absolute atomic E-state index is 0.122. The fourth-order valence-electron chi connectivity index (χ4n) is 2.65. The normalized spacial score (nSPS) is 10.5. The summed E-state index contributed by atoms with van der Waals surface area (Å²) in [5.74, 6) is -1.02. The lowest BCUT2D eigenvalue weighted by Crippen LogP contribution is -2.41. The largest absolute Gasteiger partial charge is 0.354 e. The quantitative estimate of drug-likeness (QED) is 0.633. The van der Waals surface area contributed by atoms with Crippen molar-refractivity contribution in [2.75, 3.05) is 13.1 Å². The van der Waals surface area contributed by atoms with Gasteiger partial charge in [-0.2, -0.15) is 0 Å². The van der Waals surface area contributed by atoms with Gasteiger partial charge in [-0.1, -0.05) is 47.0 Å². The number of nitrogens with zero attached hydrogens (tertiary/aromatic N) is 3. The van der Waals surface area contributed by atoms with E-state index in [9.17, 15) is 14.0 Å². The van der Waals surface area contributed by atoms with Crippen LogP contribution in [0.4, 0.5) is 4.39 Å². The molecule has 0 aliphatic heterocycles. The summed E-state index contributed by atoms with van der Waals surface area (Å²) in [7, 11) is 0. The maximum absolute atomic E-state index is 13.1. The second-order valence-electron chi connectivity index (χ2n) is 6.16. The smallest absolute Gasteiger partial charge is 0.276 e. The van der Waals surface area contributed by atoms with Crippen LogP contribution >= 0.6 is 11.5 Å². The Kier molecular flexibility index (Phi) is 6.80. The number of rotatable bonds is 8. The monoisotopic (exact) mass is 398 g/mol. The van der Waals surface area contributed by atoms with Crippen LogP contribution in [0.3, 0.4) is 0 Å². The number of carbonyl (C=O) groups excluding carboxylic acids is 2. The molecule has 28 heavy (non-hydrogen) atoms. The van der Waals surface area contributed by atoms with Gasteiger partial charge in [0.05, 0.1) is 0 Å². The highest BCUT2D eigenvalue weighted by Gasteiger charge is 2.21. The zero-order valence-corrected chi connectivity index (χ0v) is 15.9. The van der Waals surface area contributed by atoms with Crippen LogP contribution in [0.25, 0.3) is 0 Å². The Morgan fingerprint density at radius 1 is 1.04 bits per heavy atom. The summed E-state index contributed by atoms with van der Waals surface area (Å²) in [6.07, 6.45) is 0.703. The molecule has 6 nitrogen and oxygen atoms in total. The van der Waals surface area contributed by atoms with Crippen LogP contribution in [0.15, 0.2) is 60.0 Å². The lowest BCUT2D eigenvalue weighted by molar-refractivity contribution is -0.121. The van der Waals surface area contributed by atoms with Gasteiger partial charge in [0.25, 0.3) is 5.91 Å². The second kappa shape index (κ2) is 9.70. The molecule has 0 spiro atoms. The summed E-state index contributed by atoms with van der Waals surface area (Å²) < 4.78 is 16.8. The number of amides is 2. The molecular formula is C20H19FN4O2S. The fraction of sp³-hybridized carbons (Fsp3) is 0.200. The highest BCUT2D eigenvalue weighted by atomic mass is 32.1. The Hall–Kier alpha value is -3.13. The van der Waals surface area contributed by atoms with E-state index >= 15 is 0 Å². The van der Waals surface area contributed by atoms with Gasteiger partial charge in [0, 0.05) is 18.5 Å². The first-order valence-corrected chi connectivity index (χ1v) is 9.57. The minimum atomic E-state index is -0.392. The van der Waals surface area contributed by atoms with E-state index < -0.39 is 5.91 Å². The topological polar surface area (TPSA) is 75.2 Å². The van der Waals surface area contributed by atoms with Crippen molar-refractivity contribution in [3.63, 3.8) is 0 Å². The summed E-state index contributed by atoms with van der Waals surface area (Å²) in [4.78, 5) is 26.4. The van der Waals surface area contributed by atoms with Crippen molar-refractivity contribution in [3.05, 3.63) is 82.6 Å². The van der Waals surface area contributed by atoms with Gasteiger partial charge < -0.3 is 10.2 Å². The molecule has 1 heterocycles. The van der Waals surface area contributed by atoms with E-state index in [1.54, 1.807) is 12.1 Å². The van der Waals surface area contributed by atoms with Gasteiger partial charge in [0.15, 0.2) is 5.69 Å². The summed E-state index contributed by atoms with van der Waals surface area (Å²) in [6.45, 7) is 0.519. The molecule has 8 heteroatoms. The number of aromatic nitrogens is 2. The molecule has 1 N–H and O–H groups in total. The van der Waals surface area contributed by atoms with Crippen LogP contribution in [-0.2, 0) is 17.8 Å². The van der Waals surface area contributed by atoms with Gasteiger partial charge >= 0.3 is 0 Å². The SMILES string of the molecule is O=C(CN(Cc1ccc(F)cc1)C(=O)c1csnn1)NCCc1ccccc1. The molecule has 2 amide bonds. The Balaban J connectivity index is 1.61. The lowest BCUT2D eigenvalue weighted by atomic mass is 10.1. The van der Waals surface area contributed by atoms with E-state index in [4.69, 9.17) is 0 Å². The van der Waals surface area contributed by atoms with E-state index in [1.807, 2.05) is 30.3 Å². The first-order chi connectivity index (χ1) is 13.6. The molecule has 0 aliphatic rings. The third-order valence-electron chi connectivity index (χ3n) is 4.07. The summed E-state index contributed by atoms with van der Waals surface area (Å²) in [6, 6.07) is 15.6. The number of benzene rings is 2. The van der Waals surface area contributed by atoms with Gasteiger partial charge in [-0.25, -0.2) is 4.39 Å². The van der Waals surface area contributed by atoms with Gasteiger partial charge in [0.2, 0.25) is 5.91 Å². The second-order valence-corrected chi connectivity index (χ2v) is 6.77. The van der Waals surface area contributed by atoms with Crippen LogP contribution in [0, 0.1) is 5.82 Å². The zero-order chi connectivity index (χ0) is 19.8. The van der Waals surface area contributed by atoms with Crippen molar-refractivity contribution in [3.8, 4) is 0 Å². The highest BCUT2D eigenvalue weighted by molar-refractivity contribution is 7.03. The zero-order valence-electron chi connectivity index (χ0n) is 15.0. The van der Waals surface area contributed by atoms with Crippen LogP contribution in [-0.4, -0.2) is 39.4 Å². The Labute approximate surface area is 166 Å². The molecule has 0 radical (unpaired) electrons. The van der Waals surface area contributed by atoms with Crippen molar-refractivity contribution in [2.45, 2.75) is 13.0 Å². The highest BCUT2D eigenvalue weighted by Crippen LogP contribution is 2.10. The van der Waals surface area contributed by atoms with Gasteiger partial charge in [-0.15, -0.1) is 5.10 Å². The molecule has 0 saturated carbocycles. The molecule has 3 aromatic rings. The predicted octanol–water partition coefficient (Wildman–Crippen LogP) is 2.68. The van der Waals surface area contributed by atoms with Gasteiger partial charge in [0.1, 0.15) is 12.4 Å². The number of carbonyl (C=O) groups is 2. The Bertz CT molecular complexity index is 902. The van der Waals surface area contributed by atoms with E-state index in [2.05, 4.69) is 14.9 Å². The molecule has 3 rings (SSSR count). The molecule has 0 saturated heterocycles. The number of hydrogen-bond acceptors (Lipinski definition) is 5. The summed E-state index contributed by atoms with van der Waals surface area (Å²) in [5.41, 5.74) is 2.02. The molecule has 0 aliphatic carbocycles. The molecule has 0 bridgehead atoms. The first-order valence-electron chi connectivity index (χ1n) is 8.73. The molecule has 0 fully saturated rings. The van der Waals surface area contributed by atoms with Crippen molar-refractivity contribution in [1.29, 1.82) is 0 Å². The third-order valence-corrected chi connectivity index (χ3v) is 4.57. The van der Waals surface area contributed by atoms with Crippen LogP contribution < -0.4 is 5.32 Å². The van der Waals surface area contributed by atoms with E-state index in [1.165, 1.54) is 22.4 Å². The molecule has 0 atom stereocenters. The molecule has 2 aromatic carbocycles. The number of hydrogen-bond donors (Lipinski definition) is 1.